The number of nitrogens with two attached hydrogens (primary N) is 1. The highest BCUT2D eigenvalue weighted by atomic mass is 35.5. The van der Waals surface area contributed by atoms with Crippen LogP contribution in [0.4, 0.5) is 10.5 Å². The van der Waals surface area contributed by atoms with Crippen LogP contribution >= 0.6 is 11.6 Å². The lowest BCUT2D eigenvalue weighted by Crippen LogP contribution is -2.42. The topological polar surface area (TPSA) is 122 Å². The van der Waals surface area contributed by atoms with E-state index in [-0.39, 0.29) is 0 Å². The normalized spacial score (nSPS) is 18.7. The molecule has 0 spiro atoms. The van der Waals surface area contributed by atoms with E-state index in [0.717, 1.165) is 4.90 Å². The smallest absolute Gasteiger partial charge is 0.325 e. The van der Waals surface area contributed by atoms with Crippen molar-refractivity contribution >= 4 is 41.0 Å². The summed E-state index contributed by atoms with van der Waals surface area (Å²) in [6.07, 6.45) is 0. The lowest BCUT2D eigenvalue weighted by molar-refractivity contribution is -0.133. The molecule has 144 valence electrons. The Balaban J connectivity index is 1.73. The average Bonchev–Trinajstić information content (AvgIpc) is 2.86. The summed E-state index contributed by atoms with van der Waals surface area (Å²) in [6.45, 7) is 1.07. The molecule has 3 rings (SSSR count). The van der Waals surface area contributed by atoms with Crippen LogP contribution < -0.4 is 16.4 Å². The molecule has 0 bridgehead atoms. The Hall–Kier alpha value is -3.39. The molecule has 1 heterocycles. The van der Waals surface area contributed by atoms with E-state index in [1.807, 2.05) is 0 Å². The SMILES string of the molecule is CC1(c2ccccc2Cl)NC(=O)N(CC(=O)Nc2ccc(C(N)=O)cc2)C1=O. The van der Waals surface area contributed by atoms with Crippen LogP contribution in [-0.4, -0.2) is 35.2 Å². The molecular formula is C19H17ClN4O4. The van der Waals surface area contributed by atoms with Crippen LogP contribution in [0.2, 0.25) is 5.02 Å². The van der Waals surface area contributed by atoms with Crippen molar-refractivity contribution in [3.05, 3.63) is 64.7 Å². The second kappa shape index (κ2) is 7.32. The number of nitrogens with one attached hydrogen (secondary N) is 2. The Morgan fingerprint density at radius 1 is 1.14 bits per heavy atom. The van der Waals surface area contributed by atoms with Gasteiger partial charge < -0.3 is 16.4 Å². The molecular weight excluding hydrogens is 384 g/mol. The first-order valence-corrected chi connectivity index (χ1v) is 8.69. The molecule has 0 aliphatic carbocycles. The van der Waals surface area contributed by atoms with Crippen molar-refractivity contribution in [2.24, 2.45) is 5.73 Å². The lowest BCUT2D eigenvalue weighted by atomic mass is 9.92. The van der Waals surface area contributed by atoms with Gasteiger partial charge in [0.1, 0.15) is 12.1 Å². The van der Waals surface area contributed by atoms with Crippen LogP contribution in [0.25, 0.3) is 0 Å². The van der Waals surface area contributed by atoms with Crippen molar-refractivity contribution in [3.63, 3.8) is 0 Å². The van der Waals surface area contributed by atoms with E-state index in [0.29, 0.717) is 21.8 Å². The number of amides is 5. The number of primary amides is 1. The molecule has 1 unspecified atom stereocenters. The van der Waals surface area contributed by atoms with E-state index in [9.17, 15) is 19.2 Å². The van der Waals surface area contributed by atoms with Gasteiger partial charge in [0.15, 0.2) is 0 Å². The number of urea groups is 1. The first kappa shape index (κ1) is 19.4. The number of carbonyl (C=O) groups excluding carboxylic acids is 4. The van der Waals surface area contributed by atoms with E-state index >= 15 is 0 Å². The minimum atomic E-state index is -1.36. The number of halogens is 1. The average molecular weight is 401 g/mol. The Morgan fingerprint density at radius 3 is 2.39 bits per heavy atom. The predicted molar refractivity (Wildman–Crippen MR) is 103 cm³/mol. The summed E-state index contributed by atoms with van der Waals surface area (Å²) in [6, 6.07) is 11.9. The highest BCUT2D eigenvalue weighted by molar-refractivity contribution is 6.32. The Labute approximate surface area is 165 Å². The van der Waals surface area contributed by atoms with Crippen LogP contribution in [0.5, 0.6) is 0 Å². The summed E-state index contributed by atoms with van der Waals surface area (Å²) in [5, 5.41) is 5.49. The number of hydrogen-bond acceptors (Lipinski definition) is 4. The van der Waals surface area contributed by atoms with Gasteiger partial charge in [-0.3, -0.25) is 19.3 Å². The minimum Gasteiger partial charge on any atom is -0.366 e. The van der Waals surface area contributed by atoms with Crippen LogP contribution in [0.15, 0.2) is 48.5 Å². The van der Waals surface area contributed by atoms with Crippen molar-refractivity contribution < 1.29 is 19.2 Å². The minimum absolute atomic E-state index is 0.294. The molecule has 1 aliphatic rings. The highest BCUT2D eigenvalue weighted by Gasteiger charge is 2.50. The van der Waals surface area contributed by atoms with Crippen molar-refractivity contribution in [2.75, 3.05) is 11.9 Å². The number of anilines is 1. The van der Waals surface area contributed by atoms with Crippen LogP contribution in [0.1, 0.15) is 22.8 Å². The van der Waals surface area contributed by atoms with Gasteiger partial charge in [-0.25, -0.2) is 4.79 Å². The Kier molecular flexibility index (Phi) is 5.06. The molecule has 8 nitrogen and oxygen atoms in total. The van der Waals surface area contributed by atoms with Gasteiger partial charge in [-0.15, -0.1) is 0 Å². The fourth-order valence-corrected chi connectivity index (χ4v) is 3.28. The van der Waals surface area contributed by atoms with Crippen LogP contribution in [0.3, 0.4) is 0 Å². The maximum absolute atomic E-state index is 12.9. The van der Waals surface area contributed by atoms with Crippen molar-refractivity contribution in [1.82, 2.24) is 10.2 Å². The summed E-state index contributed by atoms with van der Waals surface area (Å²) in [5.41, 5.74) is 4.94. The fraction of sp³-hybridized carbons (Fsp3) is 0.158. The molecule has 2 aromatic rings. The lowest BCUT2D eigenvalue weighted by Gasteiger charge is -2.23. The molecule has 2 aromatic carbocycles. The molecule has 0 radical (unpaired) electrons. The van der Waals surface area contributed by atoms with Gasteiger partial charge in [0.2, 0.25) is 11.8 Å². The maximum Gasteiger partial charge on any atom is 0.325 e. The second-order valence-electron chi connectivity index (χ2n) is 6.42. The standard InChI is InChI=1S/C19H17ClN4O4/c1-19(13-4-2-3-5-14(13)20)17(27)24(18(28)23-19)10-15(25)22-12-8-6-11(7-9-12)16(21)26/h2-9H,10H2,1H3,(H2,21,26)(H,22,25)(H,23,28). The zero-order valence-corrected chi connectivity index (χ0v) is 15.6. The number of rotatable bonds is 5. The molecule has 4 N–H and O–H groups in total. The largest absolute Gasteiger partial charge is 0.366 e. The zero-order chi connectivity index (χ0) is 20.5. The number of imide groups is 1. The molecule has 0 aromatic heterocycles. The number of benzene rings is 2. The van der Waals surface area contributed by atoms with Crippen molar-refractivity contribution in [1.29, 1.82) is 0 Å². The third kappa shape index (κ3) is 3.54. The van der Waals surface area contributed by atoms with Crippen LogP contribution in [0, 0.1) is 0 Å². The molecule has 0 saturated carbocycles. The molecule has 5 amide bonds. The van der Waals surface area contributed by atoms with Gasteiger partial charge in [-0.1, -0.05) is 29.8 Å². The number of carbonyl (C=O) groups is 4. The van der Waals surface area contributed by atoms with Crippen LogP contribution in [-0.2, 0) is 15.1 Å². The van der Waals surface area contributed by atoms with Gasteiger partial charge in [-0.05, 0) is 37.3 Å². The Morgan fingerprint density at radius 2 is 1.79 bits per heavy atom. The van der Waals surface area contributed by atoms with E-state index in [1.54, 1.807) is 24.3 Å². The molecule has 9 heteroatoms. The first-order chi connectivity index (χ1) is 13.2. The predicted octanol–water partition coefficient (Wildman–Crippen LogP) is 1.84. The molecule has 1 saturated heterocycles. The maximum atomic E-state index is 12.9. The third-order valence-corrected chi connectivity index (χ3v) is 4.77. The Bertz CT molecular complexity index is 976. The summed E-state index contributed by atoms with van der Waals surface area (Å²) in [5.74, 6) is -1.74. The second-order valence-corrected chi connectivity index (χ2v) is 6.82. The van der Waals surface area contributed by atoms with Gasteiger partial charge in [0.05, 0.1) is 0 Å². The monoisotopic (exact) mass is 400 g/mol. The van der Waals surface area contributed by atoms with E-state index in [4.69, 9.17) is 17.3 Å². The molecule has 1 aliphatic heterocycles. The van der Waals surface area contributed by atoms with E-state index < -0.39 is 35.8 Å². The van der Waals surface area contributed by atoms with E-state index in [2.05, 4.69) is 10.6 Å². The van der Waals surface area contributed by atoms with Gasteiger partial charge in [0.25, 0.3) is 5.91 Å². The third-order valence-electron chi connectivity index (χ3n) is 4.44. The summed E-state index contributed by atoms with van der Waals surface area (Å²) < 4.78 is 0. The number of hydrogen-bond donors (Lipinski definition) is 3. The van der Waals surface area contributed by atoms with E-state index in [1.165, 1.54) is 31.2 Å². The van der Waals surface area contributed by atoms with Crippen molar-refractivity contribution in [2.45, 2.75) is 12.5 Å². The first-order valence-electron chi connectivity index (χ1n) is 8.31. The fourth-order valence-electron chi connectivity index (χ4n) is 2.95. The summed E-state index contributed by atoms with van der Waals surface area (Å²) >= 11 is 6.17. The quantitative estimate of drug-likeness (QED) is 0.663. The zero-order valence-electron chi connectivity index (χ0n) is 14.9. The molecule has 1 atom stereocenters. The van der Waals surface area contributed by atoms with Gasteiger partial charge >= 0.3 is 6.03 Å². The van der Waals surface area contributed by atoms with Gasteiger partial charge in [0, 0.05) is 21.8 Å². The summed E-state index contributed by atoms with van der Waals surface area (Å²) in [7, 11) is 0. The van der Waals surface area contributed by atoms with Crippen molar-refractivity contribution in [3.8, 4) is 0 Å². The van der Waals surface area contributed by atoms with Gasteiger partial charge in [-0.2, -0.15) is 0 Å². The summed E-state index contributed by atoms with van der Waals surface area (Å²) in [4.78, 5) is 49.4. The highest BCUT2D eigenvalue weighted by Crippen LogP contribution is 2.33. The molecule has 28 heavy (non-hydrogen) atoms. The molecule has 1 fully saturated rings. The number of nitrogens with zero attached hydrogens (tertiary/aromatic N) is 1.